The van der Waals surface area contributed by atoms with Crippen molar-refractivity contribution in [2.24, 2.45) is 7.05 Å². The van der Waals surface area contributed by atoms with Crippen LogP contribution in [0, 0.1) is 0 Å². The first-order valence-electron chi connectivity index (χ1n) is 4.54. The summed E-state index contributed by atoms with van der Waals surface area (Å²) in [7, 11) is -2.48. The topological polar surface area (TPSA) is 72.2 Å². The normalized spacial score (nSPS) is 11.6. The van der Waals surface area contributed by atoms with E-state index in [1.54, 1.807) is 42.2 Å². The average Bonchev–Trinajstić information content (AvgIpc) is 2.63. The Morgan fingerprint density at radius 3 is 2.56 bits per heavy atom. The summed E-state index contributed by atoms with van der Waals surface area (Å²) < 4.78 is 33.1. The Morgan fingerprint density at radius 1 is 1.31 bits per heavy atom. The molecule has 1 aromatic heterocycles. The van der Waals surface area contributed by atoms with Crippen LogP contribution in [0.3, 0.4) is 0 Å². The van der Waals surface area contributed by atoms with E-state index in [0.717, 1.165) is 0 Å². The molecule has 0 aliphatic heterocycles. The summed E-state index contributed by atoms with van der Waals surface area (Å²) in [5.41, 5.74) is 0.387. The number of hydrogen-bond acceptors (Lipinski definition) is 3. The van der Waals surface area contributed by atoms with Gasteiger partial charge in [0, 0.05) is 25.0 Å². The standard InChI is InChI=1S/C10H10N2O3S/c1-12-7-6-11-10(12)8-4-2-3-5-9(8)16(13,14)15/h2-7H,1H3,(H,13,14,15). The molecule has 5 nitrogen and oxygen atoms in total. The summed E-state index contributed by atoms with van der Waals surface area (Å²) in [6, 6.07) is 6.19. The number of aromatic nitrogens is 2. The Kier molecular flexibility index (Phi) is 2.53. The number of benzene rings is 1. The molecule has 16 heavy (non-hydrogen) atoms. The van der Waals surface area contributed by atoms with Gasteiger partial charge < -0.3 is 4.57 Å². The molecule has 1 heterocycles. The molecule has 1 aromatic carbocycles. The molecule has 0 spiro atoms. The van der Waals surface area contributed by atoms with Crippen molar-refractivity contribution in [1.29, 1.82) is 0 Å². The lowest BCUT2D eigenvalue weighted by Gasteiger charge is -2.06. The molecule has 0 bridgehead atoms. The van der Waals surface area contributed by atoms with Crippen LogP contribution in [0.1, 0.15) is 0 Å². The van der Waals surface area contributed by atoms with E-state index < -0.39 is 10.1 Å². The van der Waals surface area contributed by atoms with Crippen molar-refractivity contribution in [2.45, 2.75) is 4.90 Å². The molecular weight excluding hydrogens is 228 g/mol. The lowest BCUT2D eigenvalue weighted by molar-refractivity contribution is 0.483. The summed E-state index contributed by atoms with van der Waals surface area (Å²) in [6.07, 6.45) is 3.27. The van der Waals surface area contributed by atoms with Crippen molar-refractivity contribution in [1.82, 2.24) is 9.55 Å². The Hall–Kier alpha value is -1.66. The maximum atomic E-state index is 11.2. The minimum absolute atomic E-state index is 0.135. The molecule has 0 unspecified atom stereocenters. The highest BCUT2D eigenvalue weighted by Crippen LogP contribution is 2.24. The van der Waals surface area contributed by atoms with E-state index in [1.807, 2.05) is 0 Å². The van der Waals surface area contributed by atoms with E-state index in [4.69, 9.17) is 4.55 Å². The van der Waals surface area contributed by atoms with Crippen LogP contribution in [0.2, 0.25) is 0 Å². The van der Waals surface area contributed by atoms with Crippen LogP contribution in [-0.4, -0.2) is 22.5 Å². The average molecular weight is 238 g/mol. The third kappa shape index (κ3) is 1.84. The van der Waals surface area contributed by atoms with E-state index in [-0.39, 0.29) is 4.90 Å². The van der Waals surface area contributed by atoms with Crippen LogP contribution in [-0.2, 0) is 17.2 Å². The zero-order valence-corrected chi connectivity index (χ0v) is 9.35. The second kappa shape index (κ2) is 3.73. The van der Waals surface area contributed by atoms with Crippen molar-refractivity contribution >= 4 is 10.1 Å². The molecule has 0 atom stereocenters. The number of hydrogen-bond donors (Lipinski definition) is 1. The van der Waals surface area contributed by atoms with Gasteiger partial charge in [-0.2, -0.15) is 8.42 Å². The number of nitrogens with zero attached hydrogens (tertiary/aromatic N) is 2. The lowest BCUT2D eigenvalue weighted by Crippen LogP contribution is -2.02. The third-order valence-corrected chi connectivity index (χ3v) is 3.14. The lowest BCUT2D eigenvalue weighted by atomic mass is 10.2. The quantitative estimate of drug-likeness (QED) is 0.801. The van der Waals surface area contributed by atoms with Gasteiger partial charge in [0.25, 0.3) is 10.1 Å². The smallest absolute Gasteiger partial charge is 0.295 e. The molecule has 0 saturated heterocycles. The van der Waals surface area contributed by atoms with Gasteiger partial charge in [-0.15, -0.1) is 0 Å². The fourth-order valence-corrected chi connectivity index (χ4v) is 2.19. The maximum Gasteiger partial charge on any atom is 0.295 e. The second-order valence-electron chi connectivity index (χ2n) is 3.33. The Balaban J connectivity index is 2.72. The van der Waals surface area contributed by atoms with Crippen LogP contribution in [0.15, 0.2) is 41.6 Å². The van der Waals surface area contributed by atoms with Crippen molar-refractivity contribution in [3.63, 3.8) is 0 Å². The molecule has 0 fully saturated rings. The van der Waals surface area contributed by atoms with Crippen molar-refractivity contribution in [2.75, 3.05) is 0 Å². The molecule has 2 aromatic rings. The Morgan fingerprint density at radius 2 is 2.00 bits per heavy atom. The fraction of sp³-hybridized carbons (Fsp3) is 0.100. The first-order valence-corrected chi connectivity index (χ1v) is 5.98. The van der Waals surface area contributed by atoms with Crippen LogP contribution in [0.25, 0.3) is 11.4 Å². The first kappa shape index (κ1) is 10.8. The number of imidazole rings is 1. The van der Waals surface area contributed by atoms with E-state index in [2.05, 4.69) is 4.98 Å². The zero-order valence-electron chi connectivity index (χ0n) is 8.53. The number of aryl methyl sites for hydroxylation is 1. The minimum Gasteiger partial charge on any atom is -0.334 e. The van der Waals surface area contributed by atoms with E-state index >= 15 is 0 Å². The molecule has 1 N–H and O–H groups in total. The highest BCUT2D eigenvalue weighted by atomic mass is 32.2. The number of rotatable bonds is 2. The molecule has 2 rings (SSSR count). The fourth-order valence-electron chi connectivity index (χ4n) is 1.50. The van der Waals surface area contributed by atoms with Gasteiger partial charge in [-0.25, -0.2) is 4.98 Å². The summed E-state index contributed by atoms with van der Waals surface area (Å²) in [5.74, 6) is 0.494. The van der Waals surface area contributed by atoms with Crippen molar-refractivity contribution in [3.8, 4) is 11.4 Å². The van der Waals surface area contributed by atoms with Crippen LogP contribution in [0.5, 0.6) is 0 Å². The van der Waals surface area contributed by atoms with Gasteiger partial charge >= 0.3 is 0 Å². The predicted molar refractivity (Wildman–Crippen MR) is 58.5 cm³/mol. The third-order valence-electron chi connectivity index (χ3n) is 2.23. The van der Waals surface area contributed by atoms with Crippen molar-refractivity contribution < 1.29 is 13.0 Å². The Labute approximate surface area is 93.1 Å². The second-order valence-corrected chi connectivity index (χ2v) is 4.72. The van der Waals surface area contributed by atoms with Gasteiger partial charge in [-0.3, -0.25) is 4.55 Å². The monoisotopic (exact) mass is 238 g/mol. The maximum absolute atomic E-state index is 11.2. The van der Waals surface area contributed by atoms with Crippen LogP contribution in [0.4, 0.5) is 0 Å². The molecular formula is C10H10N2O3S. The molecule has 84 valence electrons. The Bertz CT molecular complexity index is 616. The minimum atomic E-state index is -4.23. The van der Waals surface area contributed by atoms with Gasteiger partial charge in [0.1, 0.15) is 10.7 Å². The van der Waals surface area contributed by atoms with Gasteiger partial charge in [0.15, 0.2) is 0 Å². The van der Waals surface area contributed by atoms with Gasteiger partial charge in [-0.05, 0) is 12.1 Å². The van der Waals surface area contributed by atoms with Gasteiger partial charge in [0.2, 0.25) is 0 Å². The highest BCUT2D eigenvalue weighted by molar-refractivity contribution is 7.86. The van der Waals surface area contributed by atoms with Gasteiger partial charge in [0.05, 0.1) is 0 Å². The summed E-state index contributed by atoms with van der Waals surface area (Å²) in [6.45, 7) is 0. The molecule has 0 aliphatic rings. The molecule has 0 saturated carbocycles. The van der Waals surface area contributed by atoms with E-state index in [1.165, 1.54) is 6.07 Å². The molecule has 0 amide bonds. The predicted octanol–water partition coefficient (Wildman–Crippen LogP) is 1.33. The summed E-state index contributed by atoms with van der Waals surface area (Å²) >= 11 is 0. The van der Waals surface area contributed by atoms with E-state index in [9.17, 15) is 8.42 Å². The van der Waals surface area contributed by atoms with Crippen LogP contribution < -0.4 is 0 Å². The van der Waals surface area contributed by atoms with Crippen molar-refractivity contribution in [3.05, 3.63) is 36.7 Å². The molecule has 6 heteroatoms. The summed E-state index contributed by atoms with van der Waals surface area (Å²) in [5, 5.41) is 0. The summed E-state index contributed by atoms with van der Waals surface area (Å²) in [4.78, 5) is 3.91. The zero-order chi connectivity index (χ0) is 11.8. The SMILES string of the molecule is Cn1ccnc1-c1ccccc1S(=O)(=O)O. The van der Waals surface area contributed by atoms with Crippen LogP contribution >= 0.6 is 0 Å². The molecule has 0 radical (unpaired) electrons. The highest BCUT2D eigenvalue weighted by Gasteiger charge is 2.17. The first-order chi connectivity index (χ1) is 7.50. The van der Waals surface area contributed by atoms with E-state index in [0.29, 0.717) is 11.4 Å². The van der Waals surface area contributed by atoms with Gasteiger partial charge in [-0.1, -0.05) is 12.1 Å². The molecule has 0 aliphatic carbocycles. The largest absolute Gasteiger partial charge is 0.334 e.